The molecule has 3 heteroatoms. The Bertz CT molecular complexity index is 241. The van der Waals surface area contributed by atoms with Crippen molar-refractivity contribution in [2.45, 2.75) is 64.1 Å². The van der Waals surface area contributed by atoms with Gasteiger partial charge in [0.05, 0.1) is 6.61 Å². The van der Waals surface area contributed by atoms with Crippen molar-refractivity contribution in [3.63, 3.8) is 0 Å². The predicted octanol–water partition coefficient (Wildman–Crippen LogP) is 2.26. The molecule has 2 rings (SSSR count). The van der Waals surface area contributed by atoms with Crippen LogP contribution in [0.2, 0.25) is 0 Å². The van der Waals surface area contributed by atoms with Crippen LogP contribution in [-0.4, -0.2) is 49.8 Å². The molecule has 0 aromatic rings. The molecule has 1 N–H and O–H groups in total. The SMILES string of the molecule is CCNC1CCC(CC)CC1N(C)C1CCOC1. The molecule has 4 unspecified atom stereocenters. The first kappa shape index (κ1) is 14.3. The number of hydrogen-bond acceptors (Lipinski definition) is 3. The summed E-state index contributed by atoms with van der Waals surface area (Å²) in [6, 6.07) is 2.03. The molecule has 0 aromatic carbocycles. The molecule has 3 nitrogen and oxygen atoms in total. The minimum atomic E-state index is 0.645. The maximum absolute atomic E-state index is 5.56. The summed E-state index contributed by atoms with van der Waals surface area (Å²) in [5.41, 5.74) is 0. The van der Waals surface area contributed by atoms with Crippen LogP contribution in [0.4, 0.5) is 0 Å². The third kappa shape index (κ3) is 3.25. The van der Waals surface area contributed by atoms with Gasteiger partial charge in [0.1, 0.15) is 0 Å². The van der Waals surface area contributed by atoms with Gasteiger partial charge in [0, 0.05) is 24.7 Å². The van der Waals surface area contributed by atoms with E-state index in [2.05, 4.69) is 31.1 Å². The Balaban J connectivity index is 1.98. The quantitative estimate of drug-likeness (QED) is 0.814. The average Bonchev–Trinajstić information content (AvgIpc) is 2.92. The Kier molecular flexibility index (Phi) is 5.46. The first-order valence-electron chi connectivity index (χ1n) is 7.79. The van der Waals surface area contributed by atoms with E-state index in [4.69, 9.17) is 4.74 Å². The van der Waals surface area contributed by atoms with Gasteiger partial charge in [-0.05, 0) is 45.2 Å². The Hall–Kier alpha value is -0.120. The van der Waals surface area contributed by atoms with Gasteiger partial charge in [0.2, 0.25) is 0 Å². The van der Waals surface area contributed by atoms with Crippen LogP contribution in [-0.2, 0) is 4.74 Å². The van der Waals surface area contributed by atoms with Crippen LogP contribution in [0.15, 0.2) is 0 Å². The Morgan fingerprint density at radius 2 is 2.06 bits per heavy atom. The number of hydrogen-bond donors (Lipinski definition) is 1. The number of nitrogens with zero attached hydrogens (tertiary/aromatic N) is 1. The molecule has 106 valence electrons. The summed E-state index contributed by atoms with van der Waals surface area (Å²) >= 11 is 0. The van der Waals surface area contributed by atoms with E-state index in [9.17, 15) is 0 Å². The highest BCUT2D eigenvalue weighted by atomic mass is 16.5. The summed E-state index contributed by atoms with van der Waals surface area (Å²) < 4.78 is 5.56. The van der Waals surface area contributed by atoms with Crippen molar-refractivity contribution in [3.05, 3.63) is 0 Å². The van der Waals surface area contributed by atoms with Crippen LogP contribution >= 0.6 is 0 Å². The minimum absolute atomic E-state index is 0.645. The van der Waals surface area contributed by atoms with Gasteiger partial charge < -0.3 is 10.1 Å². The third-order valence-corrected chi connectivity index (χ3v) is 4.97. The first-order valence-corrected chi connectivity index (χ1v) is 7.79. The molecule has 4 atom stereocenters. The van der Waals surface area contributed by atoms with Gasteiger partial charge in [-0.15, -0.1) is 0 Å². The summed E-state index contributed by atoms with van der Waals surface area (Å²) in [6.45, 7) is 7.54. The van der Waals surface area contributed by atoms with Gasteiger partial charge in [-0.1, -0.05) is 20.3 Å². The van der Waals surface area contributed by atoms with Crippen LogP contribution in [0.5, 0.6) is 0 Å². The van der Waals surface area contributed by atoms with Gasteiger partial charge in [-0.25, -0.2) is 0 Å². The van der Waals surface area contributed by atoms with E-state index in [0.717, 1.165) is 25.7 Å². The van der Waals surface area contributed by atoms with Crippen LogP contribution in [0.25, 0.3) is 0 Å². The Morgan fingerprint density at radius 3 is 2.67 bits per heavy atom. The van der Waals surface area contributed by atoms with Crippen molar-refractivity contribution in [3.8, 4) is 0 Å². The topological polar surface area (TPSA) is 24.5 Å². The van der Waals surface area contributed by atoms with E-state index in [1.165, 1.54) is 32.1 Å². The lowest BCUT2D eigenvalue weighted by atomic mass is 9.80. The molecule has 1 aliphatic heterocycles. The maximum atomic E-state index is 5.56. The van der Waals surface area contributed by atoms with Crippen molar-refractivity contribution in [2.24, 2.45) is 5.92 Å². The summed E-state index contributed by atoms with van der Waals surface area (Å²) in [6.07, 6.45) is 6.66. The molecule has 0 radical (unpaired) electrons. The van der Waals surface area contributed by atoms with Crippen molar-refractivity contribution in [2.75, 3.05) is 26.8 Å². The zero-order chi connectivity index (χ0) is 13.0. The number of nitrogens with one attached hydrogen (secondary N) is 1. The smallest absolute Gasteiger partial charge is 0.0622 e. The van der Waals surface area contributed by atoms with E-state index in [1.807, 2.05) is 0 Å². The molecule has 1 saturated carbocycles. The number of ether oxygens (including phenoxy) is 1. The van der Waals surface area contributed by atoms with E-state index in [0.29, 0.717) is 18.1 Å². The fourth-order valence-corrected chi connectivity index (χ4v) is 3.67. The molecule has 2 fully saturated rings. The Morgan fingerprint density at radius 1 is 1.22 bits per heavy atom. The molecule has 2 aliphatic rings. The van der Waals surface area contributed by atoms with Crippen LogP contribution < -0.4 is 5.32 Å². The van der Waals surface area contributed by atoms with Gasteiger partial charge >= 0.3 is 0 Å². The highest BCUT2D eigenvalue weighted by Crippen LogP contribution is 2.31. The predicted molar refractivity (Wildman–Crippen MR) is 75.9 cm³/mol. The second kappa shape index (κ2) is 6.88. The highest BCUT2D eigenvalue weighted by Gasteiger charge is 2.35. The lowest BCUT2D eigenvalue weighted by Crippen LogP contribution is -2.55. The minimum Gasteiger partial charge on any atom is -0.380 e. The first-order chi connectivity index (χ1) is 8.76. The largest absolute Gasteiger partial charge is 0.380 e. The molecular formula is C15H30N2O. The van der Waals surface area contributed by atoms with Crippen molar-refractivity contribution >= 4 is 0 Å². The second-order valence-corrected chi connectivity index (χ2v) is 6.00. The van der Waals surface area contributed by atoms with Gasteiger partial charge in [0.25, 0.3) is 0 Å². The molecule has 0 aromatic heterocycles. The Labute approximate surface area is 112 Å². The number of likely N-dealkylation sites (N-methyl/N-ethyl adjacent to an activating group) is 2. The van der Waals surface area contributed by atoms with E-state index in [1.54, 1.807) is 0 Å². The maximum Gasteiger partial charge on any atom is 0.0622 e. The van der Waals surface area contributed by atoms with Gasteiger partial charge in [0.15, 0.2) is 0 Å². The van der Waals surface area contributed by atoms with Crippen LogP contribution in [0.1, 0.15) is 46.0 Å². The molecule has 1 aliphatic carbocycles. The second-order valence-electron chi connectivity index (χ2n) is 6.00. The molecule has 0 bridgehead atoms. The van der Waals surface area contributed by atoms with Gasteiger partial charge in [-0.3, -0.25) is 4.90 Å². The van der Waals surface area contributed by atoms with Crippen LogP contribution in [0.3, 0.4) is 0 Å². The van der Waals surface area contributed by atoms with E-state index in [-0.39, 0.29) is 0 Å². The van der Waals surface area contributed by atoms with Crippen molar-refractivity contribution in [1.82, 2.24) is 10.2 Å². The third-order valence-electron chi connectivity index (χ3n) is 4.97. The molecule has 1 saturated heterocycles. The summed E-state index contributed by atoms with van der Waals surface area (Å²) in [4.78, 5) is 2.61. The lowest BCUT2D eigenvalue weighted by molar-refractivity contribution is 0.0736. The summed E-state index contributed by atoms with van der Waals surface area (Å²) in [7, 11) is 2.31. The number of rotatable bonds is 5. The van der Waals surface area contributed by atoms with E-state index >= 15 is 0 Å². The molecule has 0 spiro atoms. The fourth-order valence-electron chi connectivity index (χ4n) is 3.67. The highest BCUT2D eigenvalue weighted by molar-refractivity contribution is 4.92. The monoisotopic (exact) mass is 254 g/mol. The average molecular weight is 254 g/mol. The van der Waals surface area contributed by atoms with E-state index < -0.39 is 0 Å². The summed E-state index contributed by atoms with van der Waals surface area (Å²) in [5.74, 6) is 0.926. The lowest BCUT2D eigenvalue weighted by Gasteiger charge is -2.43. The van der Waals surface area contributed by atoms with Crippen molar-refractivity contribution in [1.29, 1.82) is 0 Å². The standard InChI is InChI=1S/C15H30N2O/c1-4-12-6-7-14(16-5-2)15(10-12)17(3)13-8-9-18-11-13/h12-16H,4-11H2,1-3H3. The zero-order valence-corrected chi connectivity index (χ0v) is 12.3. The zero-order valence-electron chi connectivity index (χ0n) is 12.3. The van der Waals surface area contributed by atoms with Gasteiger partial charge in [-0.2, -0.15) is 0 Å². The fraction of sp³-hybridized carbons (Fsp3) is 1.00. The normalized spacial score (nSPS) is 37.3. The molecule has 18 heavy (non-hydrogen) atoms. The van der Waals surface area contributed by atoms with Crippen molar-refractivity contribution < 1.29 is 4.74 Å². The summed E-state index contributed by atoms with van der Waals surface area (Å²) in [5, 5.41) is 3.70. The van der Waals surface area contributed by atoms with Crippen LogP contribution in [0, 0.1) is 5.92 Å². The molecular weight excluding hydrogens is 224 g/mol. The molecule has 1 heterocycles. The molecule has 0 amide bonds.